The summed E-state index contributed by atoms with van der Waals surface area (Å²) in [5.41, 5.74) is -0.708. The average Bonchev–Trinajstić information content (AvgIpc) is 2.38. The molecule has 0 saturated heterocycles. The van der Waals surface area contributed by atoms with Crippen LogP contribution < -0.4 is 10.6 Å². The Morgan fingerprint density at radius 3 is 2.30 bits per heavy atom. The van der Waals surface area contributed by atoms with E-state index in [1.54, 1.807) is 0 Å². The maximum absolute atomic E-state index is 11.7. The van der Waals surface area contributed by atoms with Gasteiger partial charge in [0.2, 0.25) is 0 Å². The lowest BCUT2D eigenvalue weighted by molar-refractivity contribution is -0.153. The van der Waals surface area contributed by atoms with Gasteiger partial charge in [0.05, 0.1) is 5.41 Å². The van der Waals surface area contributed by atoms with Gasteiger partial charge in [-0.05, 0) is 25.2 Å². The fourth-order valence-corrected chi connectivity index (χ4v) is 3.25. The summed E-state index contributed by atoms with van der Waals surface area (Å²) in [4.78, 5) is 22.8. The zero-order valence-corrected chi connectivity index (χ0v) is 12.1. The van der Waals surface area contributed by atoms with E-state index in [1.165, 1.54) is 32.1 Å². The van der Waals surface area contributed by atoms with Crippen LogP contribution in [0, 0.1) is 11.3 Å². The summed E-state index contributed by atoms with van der Waals surface area (Å²) in [6, 6.07) is -0.228. The molecule has 0 heterocycles. The fourth-order valence-electron chi connectivity index (χ4n) is 3.25. The van der Waals surface area contributed by atoms with Gasteiger partial charge in [0, 0.05) is 13.1 Å². The number of hydrogen-bond acceptors (Lipinski definition) is 2. The molecule has 114 valence electrons. The molecule has 2 amide bonds. The molecule has 5 nitrogen and oxygen atoms in total. The minimum atomic E-state index is -0.786. The van der Waals surface area contributed by atoms with Gasteiger partial charge in [-0.25, -0.2) is 4.79 Å². The molecule has 20 heavy (non-hydrogen) atoms. The van der Waals surface area contributed by atoms with E-state index in [4.69, 9.17) is 0 Å². The van der Waals surface area contributed by atoms with Crippen molar-refractivity contribution < 1.29 is 14.7 Å². The van der Waals surface area contributed by atoms with Crippen LogP contribution in [0.2, 0.25) is 0 Å². The molecular formula is C15H26N2O3. The number of amides is 2. The number of rotatable bonds is 6. The number of carboxylic acid groups (broad SMARTS) is 1. The molecule has 3 N–H and O–H groups in total. The molecule has 0 aromatic rings. The van der Waals surface area contributed by atoms with Crippen LogP contribution in [0.15, 0.2) is 0 Å². The summed E-state index contributed by atoms with van der Waals surface area (Å²) in [6.07, 6.45) is 9.87. The van der Waals surface area contributed by atoms with Gasteiger partial charge in [-0.15, -0.1) is 0 Å². The Kier molecular flexibility index (Phi) is 5.26. The standard InChI is InChI=1S/C15H26N2O3/c18-13(19)15(8-4-9-15)11-17-14(20)16-10-7-12-5-2-1-3-6-12/h12H,1-11H2,(H,18,19)(H2,16,17,20). The SMILES string of the molecule is O=C(NCCC1CCCCC1)NCC1(C(=O)O)CCC1. The largest absolute Gasteiger partial charge is 0.481 e. The number of nitrogens with one attached hydrogen (secondary N) is 2. The van der Waals surface area contributed by atoms with Crippen molar-refractivity contribution in [1.29, 1.82) is 0 Å². The third kappa shape index (κ3) is 3.87. The van der Waals surface area contributed by atoms with Crippen LogP contribution >= 0.6 is 0 Å². The molecule has 0 aliphatic heterocycles. The van der Waals surface area contributed by atoms with Gasteiger partial charge in [0.1, 0.15) is 0 Å². The van der Waals surface area contributed by atoms with E-state index in [-0.39, 0.29) is 12.6 Å². The maximum atomic E-state index is 11.7. The van der Waals surface area contributed by atoms with Crippen molar-refractivity contribution in [3.8, 4) is 0 Å². The Morgan fingerprint density at radius 1 is 1.05 bits per heavy atom. The second-order valence-corrected chi connectivity index (χ2v) is 6.34. The average molecular weight is 282 g/mol. The van der Waals surface area contributed by atoms with Crippen molar-refractivity contribution in [2.24, 2.45) is 11.3 Å². The Morgan fingerprint density at radius 2 is 1.75 bits per heavy atom. The molecule has 0 aromatic carbocycles. The van der Waals surface area contributed by atoms with Crippen molar-refractivity contribution in [3.63, 3.8) is 0 Å². The molecule has 0 unspecified atom stereocenters. The number of hydrogen-bond donors (Lipinski definition) is 3. The minimum absolute atomic E-state index is 0.228. The molecule has 0 radical (unpaired) electrons. The molecule has 0 atom stereocenters. The molecule has 2 fully saturated rings. The Balaban J connectivity index is 1.59. The Labute approximate surface area is 120 Å². The van der Waals surface area contributed by atoms with Crippen LogP contribution in [0.25, 0.3) is 0 Å². The first-order chi connectivity index (χ1) is 9.62. The number of carbonyl (C=O) groups excluding carboxylic acids is 1. The van der Waals surface area contributed by atoms with E-state index >= 15 is 0 Å². The van der Waals surface area contributed by atoms with Gasteiger partial charge in [0.25, 0.3) is 0 Å². The molecule has 0 aromatic heterocycles. The first-order valence-electron chi connectivity index (χ1n) is 7.87. The summed E-state index contributed by atoms with van der Waals surface area (Å²) in [5, 5.41) is 14.7. The highest BCUT2D eigenvalue weighted by Gasteiger charge is 2.44. The van der Waals surface area contributed by atoms with Gasteiger partial charge in [0.15, 0.2) is 0 Å². The van der Waals surface area contributed by atoms with Gasteiger partial charge in [-0.1, -0.05) is 38.5 Å². The summed E-state index contributed by atoms with van der Waals surface area (Å²) in [6.45, 7) is 0.939. The van der Waals surface area contributed by atoms with E-state index in [1.807, 2.05) is 0 Å². The normalized spacial score (nSPS) is 21.8. The quantitative estimate of drug-likeness (QED) is 0.700. The Hall–Kier alpha value is -1.26. The lowest BCUT2D eigenvalue weighted by Crippen LogP contribution is -2.49. The van der Waals surface area contributed by atoms with E-state index in [2.05, 4.69) is 10.6 Å². The lowest BCUT2D eigenvalue weighted by Gasteiger charge is -2.37. The monoisotopic (exact) mass is 282 g/mol. The first-order valence-corrected chi connectivity index (χ1v) is 7.87. The number of carbonyl (C=O) groups is 2. The Bertz CT molecular complexity index is 347. The topological polar surface area (TPSA) is 78.4 Å². The molecule has 2 aliphatic rings. The summed E-state index contributed by atoms with van der Waals surface area (Å²) in [5.74, 6) is -0.0349. The molecule has 0 spiro atoms. The predicted molar refractivity (Wildman–Crippen MR) is 76.5 cm³/mol. The maximum Gasteiger partial charge on any atom is 0.314 e. The second-order valence-electron chi connectivity index (χ2n) is 6.34. The van der Waals surface area contributed by atoms with Crippen LogP contribution in [0.1, 0.15) is 57.8 Å². The van der Waals surface area contributed by atoms with E-state index in [0.29, 0.717) is 19.4 Å². The smallest absolute Gasteiger partial charge is 0.314 e. The molecule has 2 aliphatic carbocycles. The lowest BCUT2D eigenvalue weighted by atomic mass is 9.69. The third-order valence-electron chi connectivity index (χ3n) is 4.91. The van der Waals surface area contributed by atoms with E-state index in [9.17, 15) is 14.7 Å². The fraction of sp³-hybridized carbons (Fsp3) is 0.867. The zero-order chi connectivity index (χ0) is 14.4. The van der Waals surface area contributed by atoms with Gasteiger partial charge in [-0.3, -0.25) is 4.79 Å². The van der Waals surface area contributed by atoms with E-state index in [0.717, 1.165) is 18.8 Å². The predicted octanol–water partition coefficient (Wildman–Crippen LogP) is 2.51. The number of carboxylic acids is 1. The van der Waals surface area contributed by atoms with Crippen LogP contribution in [0.4, 0.5) is 4.79 Å². The number of aliphatic carboxylic acids is 1. The van der Waals surface area contributed by atoms with Crippen molar-refractivity contribution in [1.82, 2.24) is 10.6 Å². The van der Waals surface area contributed by atoms with Crippen LogP contribution in [0.3, 0.4) is 0 Å². The third-order valence-corrected chi connectivity index (χ3v) is 4.91. The van der Waals surface area contributed by atoms with Crippen molar-refractivity contribution in [2.75, 3.05) is 13.1 Å². The van der Waals surface area contributed by atoms with Crippen LogP contribution in [-0.2, 0) is 4.79 Å². The van der Waals surface area contributed by atoms with Crippen molar-refractivity contribution in [2.45, 2.75) is 57.8 Å². The summed E-state index contributed by atoms with van der Waals surface area (Å²) < 4.78 is 0. The number of urea groups is 1. The van der Waals surface area contributed by atoms with Crippen molar-refractivity contribution >= 4 is 12.0 Å². The molecule has 2 rings (SSSR count). The highest BCUT2D eigenvalue weighted by Crippen LogP contribution is 2.40. The van der Waals surface area contributed by atoms with Gasteiger partial charge in [-0.2, -0.15) is 0 Å². The second kappa shape index (κ2) is 6.95. The minimum Gasteiger partial charge on any atom is -0.481 e. The highest BCUT2D eigenvalue weighted by molar-refractivity contribution is 5.78. The first kappa shape index (κ1) is 15.1. The van der Waals surface area contributed by atoms with Gasteiger partial charge < -0.3 is 15.7 Å². The van der Waals surface area contributed by atoms with Crippen LogP contribution in [-0.4, -0.2) is 30.2 Å². The molecular weight excluding hydrogens is 256 g/mol. The summed E-state index contributed by atoms with van der Waals surface area (Å²) in [7, 11) is 0. The summed E-state index contributed by atoms with van der Waals surface area (Å²) >= 11 is 0. The molecule has 5 heteroatoms. The molecule has 0 bridgehead atoms. The highest BCUT2D eigenvalue weighted by atomic mass is 16.4. The van der Waals surface area contributed by atoms with Crippen LogP contribution in [0.5, 0.6) is 0 Å². The zero-order valence-electron chi connectivity index (χ0n) is 12.1. The van der Waals surface area contributed by atoms with Gasteiger partial charge >= 0.3 is 12.0 Å². The van der Waals surface area contributed by atoms with Crippen molar-refractivity contribution in [3.05, 3.63) is 0 Å². The van der Waals surface area contributed by atoms with E-state index < -0.39 is 11.4 Å². The molecule has 2 saturated carbocycles.